The van der Waals surface area contributed by atoms with E-state index < -0.39 is 5.60 Å². The van der Waals surface area contributed by atoms with E-state index in [0.717, 1.165) is 38.5 Å². The van der Waals surface area contributed by atoms with Crippen molar-refractivity contribution in [2.45, 2.75) is 57.0 Å². The lowest BCUT2D eigenvalue weighted by molar-refractivity contribution is -0.0959. The summed E-state index contributed by atoms with van der Waals surface area (Å²) in [6.07, 6.45) is 7.60. The van der Waals surface area contributed by atoms with Crippen LogP contribution >= 0.6 is 0 Å². The fraction of sp³-hybridized carbons (Fsp3) is 0.650. The van der Waals surface area contributed by atoms with Gasteiger partial charge in [-0.25, -0.2) is 0 Å². The summed E-state index contributed by atoms with van der Waals surface area (Å²) in [5, 5.41) is 15.5. The van der Waals surface area contributed by atoms with Gasteiger partial charge in [0.15, 0.2) is 0 Å². The molecule has 2 aliphatic rings. The van der Waals surface area contributed by atoms with E-state index in [1.807, 2.05) is 6.21 Å². The van der Waals surface area contributed by atoms with Gasteiger partial charge in [0.2, 0.25) is 0 Å². The number of oxime groups is 1. The van der Waals surface area contributed by atoms with Gasteiger partial charge in [0.25, 0.3) is 0 Å². The van der Waals surface area contributed by atoms with Gasteiger partial charge in [0, 0.05) is 17.5 Å². The van der Waals surface area contributed by atoms with Gasteiger partial charge in [-0.05, 0) is 56.6 Å². The first-order valence-corrected chi connectivity index (χ1v) is 9.22. The van der Waals surface area contributed by atoms with E-state index in [9.17, 15) is 5.11 Å². The Morgan fingerprint density at radius 2 is 2.08 bits per heavy atom. The number of nitrogens with zero attached hydrogens (tertiary/aromatic N) is 1. The van der Waals surface area contributed by atoms with Gasteiger partial charge in [-0.3, -0.25) is 0 Å². The summed E-state index contributed by atoms with van der Waals surface area (Å²) in [5.41, 5.74) is 6.12. The number of benzene rings is 1. The molecule has 0 bridgehead atoms. The summed E-state index contributed by atoms with van der Waals surface area (Å²) in [6.45, 7) is 3.42. The first-order chi connectivity index (χ1) is 11.6. The predicted molar refractivity (Wildman–Crippen MR) is 96.9 cm³/mol. The smallest absolute Gasteiger partial charge is 0.118 e. The van der Waals surface area contributed by atoms with Crippen LogP contribution in [0.4, 0.5) is 0 Å². The third-order valence-electron chi connectivity index (χ3n) is 6.37. The van der Waals surface area contributed by atoms with Crippen molar-refractivity contribution in [3.8, 4) is 0 Å². The minimum absolute atomic E-state index is 0.0982. The molecule has 1 aromatic rings. The van der Waals surface area contributed by atoms with Gasteiger partial charge >= 0.3 is 0 Å². The van der Waals surface area contributed by atoms with Crippen molar-refractivity contribution < 1.29 is 9.94 Å². The highest BCUT2D eigenvalue weighted by molar-refractivity contribution is 5.62. The van der Waals surface area contributed by atoms with Gasteiger partial charge in [0.1, 0.15) is 6.61 Å². The molecule has 4 heteroatoms. The largest absolute Gasteiger partial charge is 0.396 e. The average molecular weight is 330 g/mol. The lowest BCUT2D eigenvalue weighted by atomic mass is 9.59. The van der Waals surface area contributed by atoms with Crippen molar-refractivity contribution in [2.24, 2.45) is 22.2 Å². The quantitative estimate of drug-likeness (QED) is 0.477. The molecule has 0 spiro atoms. The molecule has 3 rings (SSSR count). The monoisotopic (exact) mass is 330 g/mol. The van der Waals surface area contributed by atoms with E-state index in [1.54, 1.807) is 0 Å². The molecule has 0 heterocycles. The molecule has 0 radical (unpaired) electrons. The molecular formula is C20H30N2O2. The normalized spacial score (nSPS) is 36.0. The van der Waals surface area contributed by atoms with E-state index in [-0.39, 0.29) is 11.3 Å². The van der Waals surface area contributed by atoms with Crippen LogP contribution in [0.3, 0.4) is 0 Å². The van der Waals surface area contributed by atoms with Crippen LogP contribution in [0.15, 0.2) is 35.5 Å². The van der Waals surface area contributed by atoms with Crippen LogP contribution in [0.25, 0.3) is 0 Å². The Balaban J connectivity index is 1.67. The molecule has 24 heavy (non-hydrogen) atoms. The standard InChI is InChI=1S/C20H30N2O2/c1-19-10-8-17(16-6-3-2-4-7-16)14-20(19,23)11-9-18(19)15-22-24-13-5-12-21/h2-4,6-7,15,17-18,23H,5,8-14,21H2,1H3/b22-15+/t17-,18+,19+,20-/m0/s1. The summed E-state index contributed by atoms with van der Waals surface area (Å²) in [5.74, 6) is 0.748. The Morgan fingerprint density at radius 3 is 2.83 bits per heavy atom. The number of nitrogens with two attached hydrogens (primary N) is 1. The summed E-state index contributed by atoms with van der Waals surface area (Å²) in [4.78, 5) is 5.29. The zero-order valence-corrected chi connectivity index (χ0v) is 14.7. The van der Waals surface area contributed by atoms with Crippen LogP contribution in [-0.4, -0.2) is 30.1 Å². The van der Waals surface area contributed by atoms with Crippen molar-refractivity contribution in [3.05, 3.63) is 35.9 Å². The Labute approximate surface area is 145 Å². The summed E-state index contributed by atoms with van der Waals surface area (Å²) in [7, 11) is 0. The first-order valence-electron chi connectivity index (χ1n) is 9.22. The summed E-state index contributed by atoms with van der Waals surface area (Å²) in [6, 6.07) is 10.6. The van der Waals surface area contributed by atoms with Gasteiger partial charge < -0.3 is 15.7 Å². The van der Waals surface area contributed by atoms with Crippen LogP contribution in [0.2, 0.25) is 0 Å². The maximum atomic E-state index is 11.4. The number of fused-ring (bicyclic) bond motifs is 1. The Hall–Kier alpha value is -1.39. The third kappa shape index (κ3) is 3.22. The maximum Gasteiger partial charge on any atom is 0.118 e. The topological polar surface area (TPSA) is 67.8 Å². The van der Waals surface area contributed by atoms with E-state index in [2.05, 4.69) is 42.4 Å². The van der Waals surface area contributed by atoms with Crippen molar-refractivity contribution in [3.63, 3.8) is 0 Å². The Bertz CT molecular complexity index is 562. The highest BCUT2D eigenvalue weighted by Crippen LogP contribution is 2.60. The fourth-order valence-electron chi connectivity index (χ4n) is 4.65. The highest BCUT2D eigenvalue weighted by Gasteiger charge is 2.58. The minimum Gasteiger partial charge on any atom is -0.396 e. The number of rotatable bonds is 6. The zero-order chi connectivity index (χ0) is 17.0. The number of hydrogen-bond donors (Lipinski definition) is 2. The molecule has 132 valence electrons. The van der Waals surface area contributed by atoms with E-state index in [1.165, 1.54) is 5.56 Å². The number of hydrogen-bond acceptors (Lipinski definition) is 4. The van der Waals surface area contributed by atoms with Crippen molar-refractivity contribution >= 4 is 6.21 Å². The molecule has 0 saturated heterocycles. The van der Waals surface area contributed by atoms with Gasteiger partial charge in [-0.1, -0.05) is 42.4 Å². The molecule has 0 aliphatic heterocycles. The molecule has 0 amide bonds. The molecular weight excluding hydrogens is 300 g/mol. The number of aliphatic hydroxyl groups is 1. The molecule has 2 saturated carbocycles. The minimum atomic E-state index is -0.598. The Morgan fingerprint density at radius 1 is 1.29 bits per heavy atom. The van der Waals surface area contributed by atoms with Crippen molar-refractivity contribution in [1.82, 2.24) is 0 Å². The van der Waals surface area contributed by atoms with Crippen LogP contribution in [0.5, 0.6) is 0 Å². The molecule has 4 atom stereocenters. The second-order valence-corrected chi connectivity index (χ2v) is 7.67. The van der Waals surface area contributed by atoms with E-state index in [0.29, 0.717) is 19.1 Å². The van der Waals surface area contributed by atoms with E-state index in [4.69, 9.17) is 10.6 Å². The second kappa shape index (κ2) is 7.24. The third-order valence-corrected chi connectivity index (χ3v) is 6.37. The highest BCUT2D eigenvalue weighted by atomic mass is 16.6. The first kappa shape index (κ1) is 17.4. The molecule has 0 unspecified atom stereocenters. The van der Waals surface area contributed by atoms with Gasteiger partial charge in [-0.2, -0.15) is 0 Å². The van der Waals surface area contributed by atoms with Gasteiger partial charge in [-0.15, -0.1) is 0 Å². The molecule has 1 aromatic carbocycles. The average Bonchev–Trinajstić information content (AvgIpc) is 2.86. The molecule has 3 N–H and O–H groups in total. The lowest BCUT2D eigenvalue weighted by Crippen LogP contribution is -2.49. The van der Waals surface area contributed by atoms with Crippen molar-refractivity contribution in [1.29, 1.82) is 0 Å². The van der Waals surface area contributed by atoms with Gasteiger partial charge in [0.05, 0.1) is 5.60 Å². The summed E-state index contributed by atoms with van der Waals surface area (Å²) >= 11 is 0. The fourth-order valence-corrected chi connectivity index (χ4v) is 4.65. The maximum absolute atomic E-state index is 11.4. The van der Waals surface area contributed by atoms with E-state index >= 15 is 0 Å². The van der Waals surface area contributed by atoms with Crippen LogP contribution in [0.1, 0.15) is 56.9 Å². The molecule has 2 fully saturated rings. The van der Waals surface area contributed by atoms with Crippen LogP contribution in [0, 0.1) is 11.3 Å². The summed E-state index contributed by atoms with van der Waals surface area (Å²) < 4.78 is 0. The SMILES string of the molecule is C[C@]12CC[C@H](c3ccccc3)C[C@@]1(O)CC[C@@H]2/C=N/OCCCN. The molecule has 0 aromatic heterocycles. The molecule has 2 aliphatic carbocycles. The lowest BCUT2D eigenvalue weighted by Gasteiger charge is -2.48. The molecule has 4 nitrogen and oxygen atoms in total. The zero-order valence-electron chi connectivity index (χ0n) is 14.7. The second-order valence-electron chi connectivity index (χ2n) is 7.67. The van der Waals surface area contributed by atoms with Crippen LogP contribution in [-0.2, 0) is 4.84 Å². The predicted octanol–water partition coefficient (Wildman–Crippen LogP) is 3.45. The Kier molecular flexibility index (Phi) is 5.26. The van der Waals surface area contributed by atoms with Crippen LogP contribution < -0.4 is 5.73 Å². The van der Waals surface area contributed by atoms with Crippen molar-refractivity contribution in [2.75, 3.05) is 13.2 Å².